The highest BCUT2D eigenvalue weighted by Gasteiger charge is 2.34. The second-order valence-corrected chi connectivity index (χ2v) is 10.8. The number of amides is 2. The lowest BCUT2D eigenvalue weighted by molar-refractivity contribution is -0.139. The van der Waals surface area contributed by atoms with Gasteiger partial charge in [-0.1, -0.05) is 38.1 Å². The number of carboxylic acids is 1. The molecule has 0 radical (unpaired) electrons. The smallest absolute Gasteiger partial charge is 0.416 e. The summed E-state index contributed by atoms with van der Waals surface area (Å²) >= 11 is 0. The van der Waals surface area contributed by atoms with Crippen LogP contribution in [0.2, 0.25) is 0 Å². The molecule has 0 aliphatic rings. The number of ether oxygens (including phenoxy) is 2. The minimum Gasteiger partial charge on any atom is -0.497 e. The number of carbonyl (C=O) groups is 4. The third kappa shape index (κ3) is 10.1. The van der Waals surface area contributed by atoms with Crippen molar-refractivity contribution in [3.05, 3.63) is 131 Å². The monoisotopic (exact) mass is 701 g/mol. The number of carbonyl (C=O) groups excluding carboxylic acids is 3. The van der Waals surface area contributed by atoms with Gasteiger partial charge < -0.3 is 24.8 Å². The number of rotatable bonds is 11. The number of aromatic nitrogens is 1. The molecule has 0 fully saturated rings. The van der Waals surface area contributed by atoms with Crippen LogP contribution in [0, 0.1) is 0 Å². The van der Waals surface area contributed by atoms with E-state index in [9.17, 15) is 37.5 Å². The number of esters is 1. The summed E-state index contributed by atoms with van der Waals surface area (Å²) in [5.41, 5.74) is 0.0182. The van der Waals surface area contributed by atoms with Gasteiger partial charge in [0.05, 0.1) is 24.7 Å². The van der Waals surface area contributed by atoms with Crippen LogP contribution in [0.4, 0.5) is 18.9 Å². The van der Waals surface area contributed by atoms with Crippen molar-refractivity contribution in [1.29, 1.82) is 0 Å². The first-order valence-corrected chi connectivity index (χ1v) is 15.7. The predicted octanol–water partition coefficient (Wildman–Crippen LogP) is 7.42. The van der Waals surface area contributed by atoms with Crippen LogP contribution in [0.15, 0.2) is 103 Å². The number of carboxylic acid groups (broad SMARTS) is 1. The predicted molar refractivity (Wildman–Crippen MR) is 184 cm³/mol. The first-order valence-electron chi connectivity index (χ1n) is 15.7. The molecule has 0 atom stereocenters. The molecule has 5 rings (SSSR count). The molecule has 10 nitrogen and oxygen atoms in total. The second kappa shape index (κ2) is 16.9. The summed E-state index contributed by atoms with van der Waals surface area (Å²) in [5, 5.41) is 13.7. The highest BCUT2D eigenvalue weighted by Crippen LogP contribution is 2.35. The molecular weight excluding hydrogens is 667 g/mol. The number of nitrogens with one attached hydrogen (secondary N) is 1. The van der Waals surface area contributed by atoms with Crippen LogP contribution in [0.25, 0.3) is 10.8 Å². The highest BCUT2D eigenvalue weighted by molar-refractivity contribution is 5.98. The molecule has 5 aromatic rings. The van der Waals surface area contributed by atoms with E-state index in [1.807, 2.05) is 13.8 Å². The van der Waals surface area contributed by atoms with Crippen LogP contribution < -0.4 is 14.8 Å². The van der Waals surface area contributed by atoms with Crippen LogP contribution in [-0.2, 0) is 28.7 Å². The van der Waals surface area contributed by atoms with Crippen molar-refractivity contribution >= 4 is 40.2 Å². The van der Waals surface area contributed by atoms with Gasteiger partial charge in [-0.3, -0.25) is 19.4 Å². The van der Waals surface area contributed by atoms with Crippen LogP contribution in [0.5, 0.6) is 11.5 Å². The van der Waals surface area contributed by atoms with E-state index in [0.29, 0.717) is 11.1 Å². The normalized spacial score (nSPS) is 10.8. The van der Waals surface area contributed by atoms with E-state index >= 15 is 0 Å². The minimum absolute atomic E-state index is 0.00225. The SMILES string of the molecule is CC.COc1ccc(CC(=O)Nc2ccc(C(=O)N(CC(=O)O)Cc3ccc(OC(=O)c4ccc5cnccc5c4)cc3)cc2)c(C(F)(F)F)c1. The fraction of sp³-hybridized carbons (Fsp3) is 0.184. The number of benzene rings is 4. The van der Waals surface area contributed by atoms with Crippen LogP contribution in [0.3, 0.4) is 0 Å². The van der Waals surface area contributed by atoms with Crippen molar-refractivity contribution in [2.45, 2.75) is 33.0 Å². The number of halogens is 3. The van der Waals surface area contributed by atoms with Crippen LogP contribution >= 0.6 is 0 Å². The molecule has 0 bridgehead atoms. The summed E-state index contributed by atoms with van der Waals surface area (Å²) in [6, 6.07) is 22.0. The van der Waals surface area contributed by atoms with Gasteiger partial charge >= 0.3 is 18.1 Å². The maximum atomic E-state index is 13.5. The molecule has 2 amide bonds. The molecule has 13 heteroatoms. The third-order valence-electron chi connectivity index (χ3n) is 7.39. The molecule has 51 heavy (non-hydrogen) atoms. The van der Waals surface area contributed by atoms with E-state index in [4.69, 9.17) is 9.47 Å². The largest absolute Gasteiger partial charge is 0.497 e. The van der Waals surface area contributed by atoms with Crippen molar-refractivity contribution in [3.8, 4) is 11.5 Å². The summed E-state index contributed by atoms with van der Waals surface area (Å²) in [4.78, 5) is 55.3. The Balaban J connectivity index is 0.00000286. The first-order chi connectivity index (χ1) is 24.4. The Hall–Kier alpha value is -6.24. The van der Waals surface area contributed by atoms with Crippen molar-refractivity contribution in [3.63, 3.8) is 0 Å². The van der Waals surface area contributed by atoms with Crippen LogP contribution in [0.1, 0.15) is 51.3 Å². The molecule has 4 aromatic carbocycles. The van der Waals surface area contributed by atoms with Gasteiger partial charge in [-0.05, 0) is 83.2 Å². The van der Waals surface area contributed by atoms with Crippen LogP contribution in [-0.4, -0.2) is 52.4 Å². The zero-order valence-electron chi connectivity index (χ0n) is 27.9. The van der Waals surface area contributed by atoms with Gasteiger partial charge in [0.15, 0.2) is 0 Å². The zero-order valence-corrected chi connectivity index (χ0v) is 27.9. The molecule has 0 saturated carbocycles. The van der Waals surface area contributed by atoms with Crippen molar-refractivity contribution < 1.29 is 46.9 Å². The number of hydrogen-bond acceptors (Lipinski definition) is 7. The number of pyridine rings is 1. The highest BCUT2D eigenvalue weighted by atomic mass is 19.4. The summed E-state index contributed by atoms with van der Waals surface area (Å²) < 4.78 is 50.9. The Labute approximate surface area is 291 Å². The summed E-state index contributed by atoms with van der Waals surface area (Å²) in [6.07, 6.45) is -1.95. The molecule has 2 N–H and O–H groups in total. The fourth-order valence-corrected chi connectivity index (χ4v) is 4.98. The average molecular weight is 702 g/mol. The van der Waals surface area contributed by atoms with Gasteiger partial charge in [-0.25, -0.2) is 4.79 Å². The number of hydrogen-bond donors (Lipinski definition) is 2. The molecule has 1 heterocycles. The summed E-state index contributed by atoms with van der Waals surface area (Å²) in [5.74, 6) is -2.89. The van der Waals surface area contributed by atoms with E-state index in [1.165, 1.54) is 55.6 Å². The van der Waals surface area contributed by atoms with Crippen molar-refractivity contribution in [2.24, 2.45) is 0 Å². The van der Waals surface area contributed by atoms with Gasteiger partial charge in [0.2, 0.25) is 5.91 Å². The molecule has 0 aliphatic carbocycles. The number of fused-ring (bicyclic) bond motifs is 1. The number of aliphatic carboxylic acids is 1. The van der Waals surface area contributed by atoms with Gasteiger partial charge in [-0.2, -0.15) is 13.2 Å². The number of alkyl halides is 3. The Morgan fingerprint density at radius 1 is 0.824 bits per heavy atom. The Morgan fingerprint density at radius 3 is 2.14 bits per heavy atom. The molecular formula is C38H34F3N3O7. The van der Waals surface area contributed by atoms with Gasteiger partial charge in [-0.15, -0.1) is 0 Å². The number of anilines is 1. The van der Waals surface area contributed by atoms with Gasteiger partial charge in [0, 0.05) is 35.6 Å². The summed E-state index contributed by atoms with van der Waals surface area (Å²) in [7, 11) is 1.24. The fourth-order valence-electron chi connectivity index (χ4n) is 4.98. The van der Waals surface area contributed by atoms with E-state index in [1.54, 1.807) is 48.8 Å². The molecule has 0 spiro atoms. The average Bonchev–Trinajstić information content (AvgIpc) is 3.12. The number of nitrogens with zero attached hydrogens (tertiary/aromatic N) is 2. The Bertz CT molecular complexity index is 2020. The zero-order chi connectivity index (χ0) is 37.1. The Morgan fingerprint density at radius 2 is 1.49 bits per heavy atom. The molecule has 0 saturated heterocycles. The lowest BCUT2D eigenvalue weighted by Crippen LogP contribution is -2.35. The van der Waals surface area contributed by atoms with E-state index in [0.717, 1.165) is 21.7 Å². The summed E-state index contributed by atoms with van der Waals surface area (Å²) in [6.45, 7) is 3.30. The maximum absolute atomic E-state index is 13.5. The van der Waals surface area contributed by atoms with Crippen molar-refractivity contribution in [2.75, 3.05) is 19.0 Å². The first kappa shape index (κ1) is 37.6. The lowest BCUT2D eigenvalue weighted by Gasteiger charge is -2.21. The number of methoxy groups -OCH3 is 1. The standard InChI is InChI=1S/C36H28F3N3O7.C2H6/c1-48-30-13-8-25(31(18-30)36(37,38)39)17-32(43)41-28-9-6-23(7-10-28)34(46)42(21-33(44)45)20-22-2-11-29(12-3-22)49-35(47)26-4-5-27-19-40-15-14-24(27)16-26;1-2/h2-16,18-19H,17,20-21H2,1H3,(H,41,43)(H,44,45);1-2H3. The lowest BCUT2D eigenvalue weighted by atomic mass is 10.0. The molecule has 0 aliphatic heterocycles. The van der Waals surface area contributed by atoms with Gasteiger partial charge in [0.1, 0.15) is 18.0 Å². The Kier molecular flexibility index (Phi) is 12.5. The maximum Gasteiger partial charge on any atom is 0.416 e. The van der Waals surface area contributed by atoms with E-state index in [2.05, 4.69) is 10.3 Å². The quantitative estimate of drug-likeness (QED) is 0.107. The minimum atomic E-state index is -4.69. The van der Waals surface area contributed by atoms with Gasteiger partial charge in [0.25, 0.3) is 5.91 Å². The van der Waals surface area contributed by atoms with E-state index < -0.39 is 48.5 Å². The molecule has 0 unspecified atom stereocenters. The third-order valence-corrected chi connectivity index (χ3v) is 7.39. The van der Waals surface area contributed by atoms with E-state index in [-0.39, 0.29) is 34.9 Å². The topological polar surface area (TPSA) is 135 Å². The van der Waals surface area contributed by atoms with Crippen molar-refractivity contribution in [1.82, 2.24) is 9.88 Å². The molecule has 1 aromatic heterocycles. The second-order valence-electron chi connectivity index (χ2n) is 10.8. The molecule has 264 valence electrons.